The van der Waals surface area contributed by atoms with Crippen LogP contribution < -0.4 is 10.6 Å². The number of sulfone groups is 1. The van der Waals surface area contributed by atoms with E-state index in [0.29, 0.717) is 22.9 Å². The molecule has 1 amide bonds. The zero-order valence-electron chi connectivity index (χ0n) is 16.4. The highest BCUT2D eigenvalue weighted by atomic mass is 35.5. The van der Waals surface area contributed by atoms with Crippen molar-refractivity contribution in [2.45, 2.75) is 30.8 Å². The van der Waals surface area contributed by atoms with E-state index in [0.717, 1.165) is 6.07 Å². The summed E-state index contributed by atoms with van der Waals surface area (Å²) in [6, 6.07) is 7.52. The first-order valence-electron chi connectivity index (χ1n) is 9.40. The number of carbonyl (C=O) groups excluding carboxylic acids is 1. The maximum Gasteiger partial charge on any atom is 0.250 e. The van der Waals surface area contributed by atoms with Gasteiger partial charge in [0.05, 0.1) is 34.5 Å². The van der Waals surface area contributed by atoms with E-state index in [1.54, 1.807) is 31.2 Å². The number of nitrogens with two attached hydrogens (primary N) is 1. The quantitative estimate of drug-likeness (QED) is 0.630. The second-order valence-corrected chi connectivity index (χ2v) is 9.53. The molecular weight excluding hydrogens is 447 g/mol. The molecule has 11 heteroatoms. The molecule has 1 aromatic heterocycles. The van der Waals surface area contributed by atoms with Gasteiger partial charge in [-0.25, -0.2) is 12.8 Å². The van der Waals surface area contributed by atoms with Crippen LogP contribution in [0.1, 0.15) is 18.4 Å². The van der Waals surface area contributed by atoms with Crippen molar-refractivity contribution in [2.24, 2.45) is 5.73 Å². The third-order valence-corrected chi connectivity index (χ3v) is 6.96. The van der Waals surface area contributed by atoms with E-state index >= 15 is 0 Å². The molecule has 0 saturated heterocycles. The second kappa shape index (κ2) is 8.03. The number of halogens is 2. The molecule has 0 radical (unpaired) electrons. The summed E-state index contributed by atoms with van der Waals surface area (Å²) in [5.74, 6) is -1.90. The van der Waals surface area contributed by atoms with Crippen LogP contribution in [0.3, 0.4) is 0 Å². The van der Waals surface area contributed by atoms with Crippen LogP contribution >= 0.6 is 11.6 Å². The highest BCUT2D eigenvalue weighted by Crippen LogP contribution is 2.37. The highest BCUT2D eigenvalue weighted by molar-refractivity contribution is 7.91. The van der Waals surface area contributed by atoms with Gasteiger partial charge in [0.1, 0.15) is 5.82 Å². The molecule has 0 fully saturated rings. The minimum Gasteiger partial charge on any atom is -0.421 e. The van der Waals surface area contributed by atoms with E-state index in [2.05, 4.69) is 10.2 Å². The Morgan fingerprint density at radius 1 is 1.26 bits per heavy atom. The van der Waals surface area contributed by atoms with Gasteiger partial charge in [-0.3, -0.25) is 4.79 Å². The molecule has 2 N–H and O–H groups in total. The first-order valence-corrected chi connectivity index (χ1v) is 11.4. The van der Waals surface area contributed by atoms with Crippen molar-refractivity contribution in [2.75, 3.05) is 10.7 Å². The average molecular weight is 465 g/mol. The van der Waals surface area contributed by atoms with E-state index in [-0.39, 0.29) is 28.6 Å². The standard InChI is InChI=1S/C20H18ClFN4O4S/c1-2-18-24-25-19(30-18)13-7-16-17(8-14(13)22)31(28,29)10-15(23)20(27)26(16)9-11-3-5-12(21)6-4-11/h3-8,15H,2,9-10,23H2,1H3/t15-/m0/s1. The molecular formula is C20H18ClFN4O4S. The van der Waals surface area contributed by atoms with Crippen LogP contribution in [0.5, 0.6) is 0 Å². The van der Waals surface area contributed by atoms with Gasteiger partial charge in [0.2, 0.25) is 11.8 Å². The number of nitrogens with zero attached hydrogens (tertiary/aromatic N) is 3. The normalized spacial score (nSPS) is 18.0. The number of aryl methyl sites for hydroxylation is 1. The molecule has 3 aromatic rings. The summed E-state index contributed by atoms with van der Waals surface area (Å²) in [5, 5.41) is 8.16. The Morgan fingerprint density at radius 3 is 2.61 bits per heavy atom. The van der Waals surface area contributed by atoms with E-state index in [1.807, 2.05) is 0 Å². The molecule has 0 unspecified atom stereocenters. The summed E-state index contributed by atoms with van der Waals surface area (Å²) < 4.78 is 46.0. The molecule has 0 bridgehead atoms. The summed E-state index contributed by atoms with van der Waals surface area (Å²) in [4.78, 5) is 13.9. The van der Waals surface area contributed by atoms with Gasteiger partial charge in [0, 0.05) is 11.4 Å². The Morgan fingerprint density at radius 2 is 1.97 bits per heavy atom. The van der Waals surface area contributed by atoms with Gasteiger partial charge in [-0.05, 0) is 29.8 Å². The average Bonchev–Trinajstić information content (AvgIpc) is 3.19. The zero-order valence-corrected chi connectivity index (χ0v) is 18.0. The van der Waals surface area contributed by atoms with Crippen LogP contribution in [0.25, 0.3) is 11.5 Å². The van der Waals surface area contributed by atoms with E-state index in [1.165, 1.54) is 11.0 Å². The van der Waals surface area contributed by atoms with Gasteiger partial charge in [-0.2, -0.15) is 0 Å². The minimum atomic E-state index is -4.03. The Kier molecular flexibility index (Phi) is 5.54. The molecule has 8 nitrogen and oxygen atoms in total. The van der Waals surface area contributed by atoms with E-state index in [9.17, 15) is 17.6 Å². The lowest BCUT2D eigenvalue weighted by atomic mass is 10.1. The zero-order chi connectivity index (χ0) is 22.3. The molecule has 1 aliphatic rings. The summed E-state index contributed by atoms with van der Waals surface area (Å²) >= 11 is 5.93. The number of amides is 1. The van der Waals surface area contributed by atoms with Crippen LogP contribution in [0.15, 0.2) is 45.7 Å². The van der Waals surface area contributed by atoms with Crippen LogP contribution in [0, 0.1) is 5.82 Å². The van der Waals surface area contributed by atoms with E-state index < -0.39 is 33.4 Å². The van der Waals surface area contributed by atoms with Crippen molar-refractivity contribution >= 4 is 33.0 Å². The van der Waals surface area contributed by atoms with Gasteiger partial charge in [0.25, 0.3) is 5.89 Å². The number of hydrogen-bond donors (Lipinski definition) is 1. The first kappa shape index (κ1) is 21.4. The van der Waals surface area contributed by atoms with Crippen LogP contribution in [0.4, 0.5) is 10.1 Å². The monoisotopic (exact) mass is 464 g/mol. The summed E-state index contributed by atoms with van der Waals surface area (Å²) in [7, 11) is -4.03. The van der Waals surface area contributed by atoms with Gasteiger partial charge in [0.15, 0.2) is 9.84 Å². The molecule has 162 valence electrons. The van der Waals surface area contributed by atoms with Crippen molar-refractivity contribution in [3.63, 3.8) is 0 Å². The number of carbonyl (C=O) groups is 1. The Hall–Kier alpha value is -2.82. The summed E-state index contributed by atoms with van der Waals surface area (Å²) in [6.45, 7) is 1.81. The van der Waals surface area contributed by atoms with Crippen molar-refractivity contribution < 1.29 is 22.0 Å². The third-order valence-electron chi connectivity index (χ3n) is 4.91. The number of fused-ring (bicyclic) bond motifs is 1. The van der Waals surface area contributed by atoms with Crippen LogP contribution in [0.2, 0.25) is 5.02 Å². The number of anilines is 1. The number of rotatable bonds is 4. The van der Waals surface area contributed by atoms with Gasteiger partial charge < -0.3 is 15.1 Å². The fourth-order valence-electron chi connectivity index (χ4n) is 3.32. The molecule has 0 spiro atoms. The first-order chi connectivity index (χ1) is 14.7. The van der Waals surface area contributed by atoms with Gasteiger partial charge in [-0.15, -0.1) is 10.2 Å². The summed E-state index contributed by atoms with van der Waals surface area (Å²) in [6.07, 6.45) is 0.448. The van der Waals surface area contributed by atoms with Crippen molar-refractivity contribution in [3.8, 4) is 11.5 Å². The van der Waals surface area contributed by atoms with Crippen LogP contribution in [-0.2, 0) is 27.6 Å². The summed E-state index contributed by atoms with van der Waals surface area (Å²) in [5.41, 5.74) is 6.47. The molecule has 1 atom stereocenters. The molecule has 0 saturated carbocycles. The lowest BCUT2D eigenvalue weighted by Gasteiger charge is -2.24. The predicted octanol–water partition coefficient (Wildman–Crippen LogP) is 2.74. The molecule has 0 aliphatic carbocycles. The maximum atomic E-state index is 14.9. The molecule has 31 heavy (non-hydrogen) atoms. The lowest BCUT2D eigenvalue weighted by molar-refractivity contribution is -0.119. The van der Waals surface area contributed by atoms with Crippen molar-refractivity contribution in [3.05, 3.63) is 58.7 Å². The van der Waals surface area contributed by atoms with Crippen molar-refractivity contribution in [1.29, 1.82) is 0 Å². The number of aromatic nitrogens is 2. The molecule has 4 rings (SSSR count). The van der Waals surface area contributed by atoms with Crippen molar-refractivity contribution in [1.82, 2.24) is 10.2 Å². The largest absolute Gasteiger partial charge is 0.421 e. The fraction of sp³-hybridized carbons (Fsp3) is 0.250. The SMILES string of the molecule is CCc1nnc(-c2cc3c(cc2F)S(=O)(=O)C[C@H](N)C(=O)N3Cc2ccc(Cl)cc2)o1. The van der Waals surface area contributed by atoms with E-state index in [4.69, 9.17) is 21.8 Å². The Labute approximate surface area is 182 Å². The Balaban J connectivity index is 1.90. The number of benzene rings is 2. The lowest BCUT2D eigenvalue weighted by Crippen LogP contribution is -2.45. The fourth-order valence-corrected chi connectivity index (χ4v) is 5.02. The molecule has 1 aliphatic heterocycles. The molecule has 2 aromatic carbocycles. The number of hydrogen-bond acceptors (Lipinski definition) is 7. The van der Waals surface area contributed by atoms with Gasteiger partial charge >= 0.3 is 0 Å². The third kappa shape index (κ3) is 4.06. The maximum absolute atomic E-state index is 14.9. The highest BCUT2D eigenvalue weighted by Gasteiger charge is 2.37. The smallest absolute Gasteiger partial charge is 0.250 e. The van der Waals surface area contributed by atoms with Gasteiger partial charge in [-0.1, -0.05) is 30.7 Å². The van der Waals surface area contributed by atoms with Crippen LogP contribution in [-0.4, -0.2) is 36.3 Å². The second-order valence-electron chi connectivity index (χ2n) is 7.09. The predicted molar refractivity (Wildman–Crippen MR) is 112 cm³/mol. The topological polar surface area (TPSA) is 119 Å². The minimum absolute atomic E-state index is 0.000508. The Bertz CT molecular complexity index is 1260. The molecule has 2 heterocycles.